The third-order valence-corrected chi connectivity index (χ3v) is 1.31. The first-order valence-electron chi connectivity index (χ1n) is 3.20. The average molecular weight is 160 g/mol. The Balaban J connectivity index is 3.19. The fraction of sp³-hybridized carbons (Fsp3) is 0. The Morgan fingerprint density at radius 1 is 1.42 bits per heavy atom. The second-order valence-electron chi connectivity index (χ2n) is 2.06. The lowest BCUT2D eigenvalue weighted by molar-refractivity contribution is 0.632. The molecule has 2 nitrogen and oxygen atoms in total. The molecule has 1 aromatic carbocycles. The van der Waals surface area contributed by atoms with Gasteiger partial charge < -0.3 is 5.73 Å². The number of hydrogen-bond acceptors (Lipinski definition) is 2. The van der Waals surface area contributed by atoms with Crippen LogP contribution in [0, 0.1) is 29.0 Å². The molecular formula is C9H5FN2. The van der Waals surface area contributed by atoms with Gasteiger partial charge in [0.25, 0.3) is 0 Å². The average Bonchev–Trinajstić information content (AvgIpc) is 2.08. The highest BCUT2D eigenvalue weighted by Crippen LogP contribution is 2.13. The molecule has 2 N–H and O–H groups in total. The number of nitrogens with two attached hydrogens (primary N) is 1. The summed E-state index contributed by atoms with van der Waals surface area (Å²) < 4.78 is 12.7. The SMILES string of the molecule is N#CC#Cc1cccc(F)c1N. The van der Waals surface area contributed by atoms with E-state index in [9.17, 15) is 4.39 Å². The molecule has 0 aliphatic rings. The minimum absolute atomic E-state index is 0.0137. The van der Waals surface area contributed by atoms with Crippen LogP contribution in [0.3, 0.4) is 0 Å². The highest BCUT2D eigenvalue weighted by atomic mass is 19.1. The Morgan fingerprint density at radius 2 is 2.17 bits per heavy atom. The zero-order valence-electron chi connectivity index (χ0n) is 6.13. The molecule has 0 aliphatic carbocycles. The summed E-state index contributed by atoms with van der Waals surface area (Å²) in [5.74, 6) is 4.05. The van der Waals surface area contributed by atoms with Crippen LogP contribution >= 0.6 is 0 Å². The predicted molar refractivity (Wildman–Crippen MR) is 43.3 cm³/mol. The van der Waals surface area contributed by atoms with Crippen molar-refractivity contribution in [3.05, 3.63) is 29.6 Å². The number of nitriles is 1. The van der Waals surface area contributed by atoms with Crippen molar-refractivity contribution in [2.75, 3.05) is 5.73 Å². The Morgan fingerprint density at radius 3 is 2.83 bits per heavy atom. The van der Waals surface area contributed by atoms with Gasteiger partial charge in [-0.3, -0.25) is 0 Å². The molecule has 0 amide bonds. The highest BCUT2D eigenvalue weighted by molar-refractivity contribution is 5.57. The molecule has 0 bridgehead atoms. The van der Waals surface area contributed by atoms with Gasteiger partial charge in [0.1, 0.15) is 5.82 Å². The van der Waals surface area contributed by atoms with Gasteiger partial charge in [0.2, 0.25) is 0 Å². The van der Waals surface area contributed by atoms with Gasteiger partial charge in [-0.1, -0.05) is 6.07 Å². The Hall–Kier alpha value is -2.00. The normalized spacial score (nSPS) is 8.00. The van der Waals surface area contributed by atoms with Gasteiger partial charge in [0.15, 0.2) is 6.07 Å². The zero-order valence-corrected chi connectivity index (χ0v) is 6.13. The zero-order chi connectivity index (χ0) is 8.97. The van der Waals surface area contributed by atoms with Crippen molar-refractivity contribution in [2.24, 2.45) is 0 Å². The summed E-state index contributed by atoms with van der Waals surface area (Å²) in [7, 11) is 0. The molecule has 0 aliphatic heterocycles. The summed E-state index contributed by atoms with van der Waals surface area (Å²) in [6.07, 6.45) is 0. The molecule has 0 unspecified atom stereocenters. The maximum Gasteiger partial charge on any atom is 0.152 e. The van der Waals surface area contributed by atoms with E-state index >= 15 is 0 Å². The number of anilines is 1. The van der Waals surface area contributed by atoms with E-state index < -0.39 is 5.82 Å². The molecule has 1 rings (SSSR count). The van der Waals surface area contributed by atoms with Gasteiger partial charge in [-0.15, -0.1) is 0 Å². The van der Waals surface area contributed by atoms with Crippen molar-refractivity contribution in [1.82, 2.24) is 0 Å². The van der Waals surface area contributed by atoms with E-state index in [0.29, 0.717) is 5.56 Å². The van der Waals surface area contributed by atoms with Crippen molar-refractivity contribution >= 4 is 5.69 Å². The van der Waals surface area contributed by atoms with Gasteiger partial charge in [0.05, 0.1) is 11.3 Å². The number of rotatable bonds is 0. The molecule has 0 atom stereocenters. The molecule has 0 aromatic heterocycles. The summed E-state index contributed by atoms with van der Waals surface area (Å²) in [6, 6.07) is 5.92. The number of nitrogens with zero attached hydrogens (tertiary/aromatic N) is 1. The van der Waals surface area contributed by atoms with Crippen LogP contribution in [0.2, 0.25) is 0 Å². The summed E-state index contributed by atoms with van der Waals surface area (Å²) in [6.45, 7) is 0. The molecule has 0 radical (unpaired) electrons. The van der Waals surface area contributed by atoms with E-state index in [1.807, 2.05) is 0 Å². The van der Waals surface area contributed by atoms with Crippen LogP contribution in [0.1, 0.15) is 5.56 Å². The molecule has 12 heavy (non-hydrogen) atoms. The van der Waals surface area contributed by atoms with Crippen molar-refractivity contribution in [3.8, 4) is 17.9 Å². The maximum atomic E-state index is 12.7. The molecule has 0 spiro atoms. The van der Waals surface area contributed by atoms with E-state index in [0.717, 1.165) is 0 Å². The summed E-state index contributed by atoms with van der Waals surface area (Å²) in [4.78, 5) is 0. The molecule has 1 aromatic rings. The predicted octanol–water partition coefficient (Wildman–Crippen LogP) is 1.28. The molecule has 0 heterocycles. The van der Waals surface area contributed by atoms with E-state index in [1.54, 1.807) is 12.1 Å². The Kier molecular flexibility index (Phi) is 2.30. The Labute approximate surface area is 69.4 Å². The first kappa shape index (κ1) is 8.10. The minimum atomic E-state index is -0.514. The van der Waals surface area contributed by atoms with Crippen molar-refractivity contribution in [1.29, 1.82) is 5.26 Å². The second kappa shape index (κ2) is 3.41. The first-order valence-corrected chi connectivity index (χ1v) is 3.20. The highest BCUT2D eigenvalue weighted by Gasteiger charge is 1.99. The third kappa shape index (κ3) is 1.53. The third-order valence-electron chi connectivity index (χ3n) is 1.31. The molecule has 0 fully saturated rings. The lowest BCUT2D eigenvalue weighted by atomic mass is 10.2. The smallest absolute Gasteiger partial charge is 0.152 e. The van der Waals surface area contributed by atoms with E-state index in [1.165, 1.54) is 12.1 Å². The van der Waals surface area contributed by atoms with Gasteiger partial charge in [-0.2, -0.15) is 5.26 Å². The summed E-state index contributed by atoms with van der Waals surface area (Å²) in [5.41, 5.74) is 5.67. The lowest BCUT2D eigenvalue weighted by Gasteiger charge is -1.97. The molecule has 0 saturated heterocycles. The topological polar surface area (TPSA) is 49.8 Å². The second-order valence-corrected chi connectivity index (χ2v) is 2.06. The van der Waals surface area contributed by atoms with E-state index in [4.69, 9.17) is 11.0 Å². The maximum absolute atomic E-state index is 12.7. The standard InChI is InChI=1S/C9H5FN2/c10-8-5-1-3-7(9(8)12)4-2-6-11/h1,3,5H,12H2. The fourth-order valence-electron chi connectivity index (χ4n) is 0.741. The van der Waals surface area contributed by atoms with Crippen LogP contribution in [-0.4, -0.2) is 0 Å². The lowest BCUT2D eigenvalue weighted by Crippen LogP contribution is -1.93. The van der Waals surface area contributed by atoms with E-state index in [2.05, 4.69) is 11.8 Å². The van der Waals surface area contributed by atoms with E-state index in [-0.39, 0.29) is 5.69 Å². The monoisotopic (exact) mass is 160 g/mol. The van der Waals surface area contributed by atoms with Crippen LogP contribution < -0.4 is 5.73 Å². The number of hydrogen-bond donors (Lipinski definition) is 1. The van der Waals surface area contributed by atoms with Gasteiger partial charge in [0, 0.05) is 5.92 Å². The number of benzene rings is 1. The largest absolute Gasteiger partial charge is 0.395 e. The van der Waals surface area contributed by atoms with Crippen molar-refractivity contribution < 1.29 is 4.39 Å². The van der Waals surface area contributed by atoms with Gasteiger partial charge in [-0.05, 0) is 18.1 Å². The number of para-hydroxylation sites is 1. The summed E-state index contributed by atoms with van der Waals surface area (Å²) >= 11 is 0. The fourth-order valence-corrected chi connectivity index (χ4v) is 0.741. The molecule has 0 saturated carbocycles. The van der Waals surface area contributed by atoms with Gasteiger partial charge in [-0.25, -0.2) is 4.39 Å². The van der Waals surface area contributed by atoms with Crippen molar-refractivity contribution in [2.45, 2.75) is 0 Å². The van der Waals surface area contributed by atoms with Crippen LogP contribution in [0.15, 0.2) is 18.2 Å². The van der Waals surface area contributed by atoms with Crippen LogP contribution in [0.5, 0.6) is 0 Å². The molecular weight excluding hydrogens is 155 g/mol. The summed E-state index contributed by atoms with van der Waals surface area (Å²) in [5, 5.41) is 8.13. The quantitative estimate of drug-likeness (QED) is 0.459. The number of halogens is 1. The van der Waals surface area contributed by atoms with Gasteiger partial charge >= 0.3 is 0 Å². The van der Waals surface area contributed by atoms with Crippen LogP contribution in [0.25, 0.3) is 0 Å². The van der Waals surface area contributed by atoms with Crippen LogP contribution in [0.4, 0.5) is 10.1 Å². The van der Waals surface area contributed by atoms with Crippen LogP contribution in [-0.2, 0) is 0 Å². The molecule has 3 heteroatoms. The van der Waals surface area contributed by atoms with Crippen molar-refractivity contribution in [3.63, 3.8) is 0 Å². The molecule has 58 valence electrons. The number of nitrogen functional groups attached to an aromatic ring is 1. The Bertz CT molecular complexity index is 393. The first-order chi connectivity index (χ1) is 5.75. The minimum Gasteiger partial charge on any atom is -0.395 e.